The van der Waals surface area contributed by atoms with Crippen molar-refractivity contribution in [3.05, 3.63) is 38.1 Å². The maximum Gasteiger partial charge on any atom is 0.330 e. The van der Waals surface area contributed by atoms with Crippen LogP contribution >= 0.6 is 11.6 Å². The third kappa shape index (κ3) is 2.56. The molecule has 4 N–H and O–H groups in total. The van der Waals surface area contributed by atoms with Gasteiger partial charge >= 0.3 is 5.69 Å². The van der Waals surface area contributed by atoms with Gasteiger partial charge in [-0.05, 0) is 6.08 Å². The molecule has 0 unspecified atom stereocenters. The third-order valence-corrected chi connectivity index (χ3v) is 3.16. The predicted molar refractivity (Wildman–Crippen MR) is 69.2 cm³/mol. The molecule has 1 aliphatic heterocycles. The molecule has 0 radical (unpaired) electrons. The summed E-state index contributed by atoms with van der Waals surface area (Å²) in [7, 11) is 0. The maximum absolute atomic E-state index is 11.7. The summed E-state index contributed by atoms with van der Waals surface area (Å²) in [6.45, 7) is -0.513. The molecule has 0 saturated carbocycles. The van der Waals surface area contributed by atoms with E-state index in [4.69, 9.17) is 21.4 Å². The molecule has 110 valence electrons. The lowest BCUT2D eigenvalue weighted by Gasteiger charge is -2.17. The highest BCUT2D eigenvalue weighted by atomic mass is 35.5. The Morgan fingerprint density at radius 1 is 1.40 bits per heavy atom. The highest BCUT2D eigenvalue weighted by Crippen LogP contribution is 2.27. The number of aromatic amines is 1. The fourth-order valence-electron chi connectivity index (χ4n) is 1.99. The van der Waals surface area contributed by atoms with Gasteiger partial charge in [0.2, 0.25) is 0 Å². The highest BCUT2D eigenvalue weighted by Gasteiger charge is 2.43. The standard InChI is InChI=1S/C11H13ClN2O6/c12-2-1-5-3-14(11(19)13-9(5)18)10-8(17)7(16)6(4-15)20-10/h1-3,6-8,10,15-17H,4H2,(H,13,18,19)/b2-1+/t6-,7+,8+,10-/m1/s1. The van der Waals surface area contributed by atoms with Crippen molar-refractivity contribution in [2.45, 2.75) is 24.5 Å². The molecule has 20 heavy (non-hydrogen) atoms. The molecule has 4 atom stereocenters. The van der Waals surface area contributed by atoms with Crippen molar-refractivity contribution in [2.75, 3.05) is 6.61 Å². The van der Waals surface area contributed by atoms with Crippen LogP contribution in [0.25, 0.3) is 6.08 Å². The molecule has 8 nitrogen and oxygen atoms in total. The summed E-state index contributed by atoms with van der Waals surface area (Å²) in [6.07, 6.45) is -2.56. The van der Waals surface area contributed by atoms with E-state index in [0.717, 1.165) is 16.3 Å². The van der Waals surface area contributed by atoms with E-state index >= 15 is 0 Å². The first-order valence-corrected chi connectivity index (χ1v) is 6.18. The molecule has 0 spiro atoms. The van der Waals surface area contributed by atoms with Crippen LogP contribution in [0.4, 0.5) is 0 Å². The van der Waals surface area contributed by atoms with Crippen LogP contribution in [0, 0.1) is 0 Å². The van der Waals surface area contributed by atoms with Crippen molar-refractivity contribution in [3.63, 3.8) is 0 Å². The first-order chi connectivity index (χ1) is 9.49. The molecule has 0 amide bonds. The van der Waals surface area contributed by atoms with Crippen LogP contribution in [0.2, 0.25) is 0 Å². The Bertz CT molecular complexity index is 624. The molecule has 1 fully saturated rings. The molecular weight excluding hydrogens is 292 g/mol. The van der Waals surface area contributed by atoms with Crippen LogP contribution in [-0.2, 0) is 4.74 Å². The SMILES string of the molecule is O=c1[nH]c(=O)n([C@@H]2O[C@H](CO)[C@H](O)[C@@H]2O)cc1/C=C/Cl. The van der Waals surface area contributed by atoms with Crippen LogP contribution in [0.15, 0.2) is 21.3 Å². The molecule has 2 rings (SSSR count). The number of hydrogen-bond acceptors (Lipinski definition) is 6. The van der Waals surface area contributed by atoms with Gasteiger partial charge in [0.15, 0.2) is 6.23 Å². The summed E-state index contributed by atoms with van der Waals surface area (Å²) >= 11 is 5.38. The van der Waals surface area contributed by atoms with Crippen LogP contribution in [0.3, 0.4) is 0 Å². The Kier molecular flexibility index (Phi) is 4.41. The first kappa shape index (κ1) is 14.9. The number of halogens is 1. The molecular formula is C11H13ClN2O6. The highest BCUT2D eigenvalue weighted by molar-refractivity contribution is 6.27. The average Bonchev–Trinajstić information content (AvgIpc) is 2.70. The quantitative estimate of drug-likeness (QED) is 0.531. The minimum atomic E-state index is -1.41. The van der Waals surface area contributed by atoms with E-state index in [1.165, 1.54) is 6.08 Å². The Hall–Kier alpha value is -1.45. The van der Waals surface area contributed by atoms with Gasteiger partial charge < -0.3 is 20.1 Å². The lowest BCUT2D eigenvalue weighted by atomic mass is 10.1. The molecule has 0 aromatic carbocycles. The second-order valence-corrected chi connectivity index (χ2v) is 4.52. The van der Waals surface area contributed by atoms with Gasteiger partial charge in [-0.2, -0.15) is 0 Å². The Labute approximate surface area is 117 Å². The van der Waals surface area contributed by atoms with E-state index in [-0.39, 0.29) is 5.56 Å². The van der Waals surface area contributed by atoms with E-state index in [1.807, 2.05) is 4.98 Å². The van der Waals surface area contributed by atoms with Gasteiger partial charge in [-0.1, -0.05) is 11.6 Å². The Morgan fingerprint density at radius 3 is 2.65 bits per heavy atom. The topological polar surface area (TPSA) is 125 Å². The van der Waals surface area contributed by atoms with E-state index in [9.17, 15) is 19.8 Å². The van der Waals surface area contributed by atoms with Crippen LogP contribution in [0.1, 0.15) is 11.8 Å². The van der Waals surface area contributed by atoms with Gasteiger partial charge in [-0.25, -0.2) is 4.79 Å². The number of nitrogens with zero attached hydrogens (tertiary/aromatic N) is 1. The van der Waals surface area contributed by atoms with Crippen molar-refractivity contribution in [3.8, 4) is 0 Å². The molecule has 2 heterocycles. The zero-order chi connectivity index (χ0) is 14.9. The summed E-state index contributed by atoms with van der Waals surface area (Å²) in [5.74, 6) is 0. The van der Waals surface area contributed by atoms with Gasteiger partial charge in [0, 0.05) is 11.7 Å². The Morgan fingerprint density at radius 2 is 2.10 bits per heavy atom. The average molecular weight is 305 g/mol. The molecule has 1 aliphatic rings. The van der Waals surface area contributed by atoms with Gasteiger partial charge in [0.1, 0.15) is 18.3 Å². The van der Waals surface area contributed by atoms with Crippen molar-refractivity contribution < 1.29 is 20.1 Å². The van der Waals surface area contributed by atoms with Gasteiger partial charge in [-0.3, -0.25) is 14.3 Å². The molecule has 0 bridgehead atoms. The second-order valence-electron chi connectivity index (χ2n) is 4.27. The van der Waals surface area contributed by atoms with Crippen LogP contribution in [-0.4, -0.2) is 49.8 Å². The number of rotatable bonds is 3. The van der Waals surface area contributed by atoms with Crippen LogP contribution in [0.5, 0.6) is 0 Å². The van der Waals surface area contributed by atoms with Crippen molar-refractivity contribution in [2.24, 2.45) is 0 Å². The van der Waals surface area contributed by atoms with Crippen molar-refractivity contribution >= 4 is 17.7 Å². The predicted octanol–water partition coefficient (Wildman–Crippen LogP) is -1.64. The number of aliphatic hydroxyl groups is 3. The minimum Gasteiger partial charge on any atom is -0.394 e. The summed E-state index contributed by atoms with van der Waals surface area (Å²) in [5, 5.41) is 28.5. The Balaban J connectivity index is 2.46. The first-order valence-electron chi connectivity index (χ1n) is 5.74. The fraction of sp³-hybridized carbons (Fsp3) is 0.455. The third-order valence-electron chi connectivity index (χ3n) is 3.03. The molecule has 0 aliphatic carbocycles. The fourth-order valence-corrected chi connectivity index (χ4v) is 2.12. The summed E-state index contributed by atoms with van der Waals surface area (Å²) < 4.78 is 6.14. The zero-order valence-electron chi connectivity index (χ0n) is 10.1. The molecule has 1 aromatic heterocycles. The van der Waals surface area contributed by atoms with Gasteiger partial charge in [-0.15, -0.1) is 0 Å². The lowest BCUT2D eigenvalue weighted by Crippen LogP contribution is -2.38. The summed E-state index contributed by atoms with van der Waals surface area (Å²) in [4.78, 5) is 25.3. The molecule has 9 heteroatoms. The van der Waals surface area contributed by atoms with Crippen LogP contribution < -0.4 is 11.2 Å². The summed E-state index contributed by atoms with van der Waals surface area (Å²) in [6, 6.07) is 0. The van der Waals surface area contributed by atoms with Crippen molar-refractivity contribution in [1.82, 2.24) is 9.55 Å². The number of ether oxygens (including phenoxy) is 1. The summed E-state index contributed by atoms with van der Waals surface area (Å²) in [5.41, 5.74) is -0.278. The maximum atomic E-state index is 11.7. The number of H-pyrrole nitrogens is 1. The number of hydrogen-bond donors (Lipinski definition) is 4. The zero-order valence-corrected chi connectivity index (χ0v) is 10.9. The number of nitrogens with one attached hydrogen (secondary N) is 1. The van der Waals surface area contributed by atoms with Gasteiger partial charge in [0.25, 0.3) is 5.56 Å². The monoisotopic (exact) mass is 304 g/mol. The van der Waals surface area contributed by atoms with E-state index in [1.54, 1.807) is 0 Å². The van der Waals surface area contributed by atoms with E-state index in [0.29, 0.717) is 0 Å². The number of aromatic nitrogens is 2. The lowest BCUT2D eigenvalue weighted by molar-refractivity contribution is -0.0550. The van der Waals surface area contributed by atoms with E-state index in [2.05, 4.69) is 0 Å². The normalized spacial score (nSPS) is 30.2. The number of aliphatic hydroxyl groups excluding tert-OH is 3. The molecule has 1 saturated heterocycles. The molecule has 1 aromatic rings. The van der Waals surface area contributed by atoms with E-state index < -0.39 is 42.4 Å². The van der Waals surface area contributed by atoms with Crippen molar-refractivity contribution in [1.29, 1.82) is 0 Å². The van der Waals surface area contributed by atoms with Gasteiger partial charge in [0.05, 0.1) is 12.2 Å². The minimum absolute atomic E-state index is 0.0809. The largest absolute Gasteiger partial charge is 0.394 e. The smallest absolute Gasteiger partial charge is 0.330 e. The second kappa shape index (κ2) is 5.90.